The molecule has 0 unspecified atom stereocenters. The van der Waals surface area contributed by atoms with Crippen molar-refractivity contribution in [2.24, 2.45) is 17.6 Å². The SMILES string of the molecule is CC(C)C[N+](CC(C)C)=c1ccc2nc3ccc(NCCN)cc3sc-2c1. The molecule has 3 N–H and O–H groups in total. The molecule has 0 radical (unpaired) electrons. The fourth-order valence-electron chi connectivity index (χ4n) is 3.30. The van der Waals surface area contributed by atoms with Gasteiger partial charge in [0.25, 0.3) is 0 Å². The summed E-state index contributed by atoms with van der Waals surface area (Å²) in [4.78, 5) is 6.09. The first kappa shape index (κ1) is 19.8. The van der Waals surface area contributed by atoms with Gasteiger partial charge in [0.05, 0.1) is 20.8 Å². The third kappa shape index (κ3) is 5.05. The number of fused-ring (bicyclic) bond motifs is 2. The molecule has 0 spiro atoms. The summed E-state index contributed by atoms with van der Waals surface area (Å²) < 4.78 is 3.70. The minimum absolute atomic E-state index is 0.627. The van der Waals surface area contributed by atoms with E-state index in [0.29, 0.717) is 18.4 Å². The number of nitrogens with zero attached hydrogens (tertiary/aromatic N) is 2. The number of anilines is 1. The summed E-state index contributed by atoms with van der Waals surface area (Å²) in [6.07, 6.45) is 0. The molecule has 0 aromatic heterocycles. The van der Waals surface area contributed by atoms with E-state index in [9.17, 15) is 0 Å². The van der Waals surface area contributed by atoms with Gasteiger partial charge in [-0.2, -0.15) is 0 Å². The van der Waals surface area contributed by atoms with Crippen molar-refractivity contribution >= 4 is 27.2 Å². The van der Waals surface area contributed by atoms with Crippen molar-refractivity contribution in [1.82, 2.24) is 9.56 Å². The van der Waals surface area contributed by atoms with Gasteiger partial charge in [0.1, 0.15) is 13.1 Å². The topological polar surface area (TPSA) is 54.0 Å². The van der Waals surface area contributed by atoms with E-state index in [1.54, 1.807) is 0 Å². The second kappa shape index (κ2) is 8.81. The Hall–Kier alpha value is -1.98. The molecule has 0 atom stereocenters. The second-order valence-corrected chi connectivity index (χ2v) is 9.04. The van der Waals surface area contributed by atoms with Gasteiger partial charge in [0.2, 0.25) is 5.36 Å². The average molecular weight is 384 g/mol. The summed E-state index contributed by atoms with van der Waals surface area (Å²) in [6, 6.07) is 13.0. The molecule has 3 rings (SSSR count). The molecule has 1 aliphatic heterocycles. The number of benzene rings is 2. The largest absolute Gasteiger partial charge is 0.384 e. The maximum absolute atomic E-state index is 5.60. The number of rotatable bonds is 7. The number of hydrogen-bond donors (Lipinski definition) is 2. The van der Waals surface area contributed by atoms with Crippen molar-refractivity contribution in [3.8, 4) is 10.6 Å². The molecule has 27 heavy (non-hydrogen) atoms. The Morgan fingerprint density at radius 3 is 2.44 bits per heavy atom. The quantitative estimate of drug-likeness (QED) is 0.481. The zero-order valence-corrected chi connectivity index (χ0v) is 17.6. The first-order chi connectivity index (χ1) is 13.0. The Morgan fingerprint density at radius 1 is 1.04 bits per heavy atom. The smallest absolute Gasteiger partial charge is 0.201 e. The molecule has 1 heterocycles. The van der Waals surface area contributed by atoms with E-state index in [-0.39, 0.29) is 0 Å². The van der Waals surface area contributed by atoms with Crippen LogP contribution in [0.5, 0.6) is 0 Å². The Bertz CT molecular complexity index is 931. The molecular formula is C22H31N4S+. The molecule has 0 bridgehead atoms. The molecule has 4 nitrogen and oxygen atoms in total. The molecule has 0 fully saturated rings. The third-order valence-corrected chi connectivity index (χ3v) is 5.47. The maximum Gasteiger partial charge on any atom is 0.201 e. The van der Waals surface area contributed by atoms with Crippen molar-refractivity contribution < 1.29 is 0 Å². The van der Waals surface area contributed by atoms with Gasteiger partial charge in [-0.25, -0.2) is 9.56 Å². The highest BCUT2D eigenvalue weighted by atomic mass is 32.1. The van der Waals surface area contributed by atoms with Gasteiger partial charge in [-0.1, -0.05) is 27.7 Å². The molecule has 0 amide bonds. The van der Waals surface area contributed by atoms with E-state index >= 15 is 0 Å². The monoisotopic (exact) mass is 383 g/mol. The third-order valence-electron chi connectivity index (χ3n) is 4.37. The van der Waals surface area contributed by atoms with Crippen molar-refractivity contribution in [2.45, 2.75) is 27.7 Å². The molecule has 0 saturated carbocycles. The van der Waals surface area contributed by atoms with Crippen LogP contribution in [-0.4, -0.2) is 31.2 Å². The van der Waals surface area contributed by atoms with Gasteiger partial charge in [0.15, 0.2) is 0 Å². The standard InChI is InChI=1S/C22H30N4S/c1-15(2)13-26(14-16(3)4)18-6-8-20-22(12-18)27-21-11-17(24-10-9-23)5-7-19(21)25-20/h5-8,11-12,15-16H,9-10,13-14,23H2,1-4H3/p+1. The van der Waals surface area contributed by atoms with Crippen LogP contribution in [0.15, 0.2) is 36.4 Å². The van der Waals surface area contributed by atoms with Gasteiger partial charge in [-0.05, 0) is 24.3 Å². The molecular weight excluding hydrogens is 352 g/mol. The predicted molar refractivity (Wildman–Crippen MR) is 118 cm³/mol. The number of nitrogens with two attached hydrogens (primary N) is 1. The highest BCUT2D eigenvalue weighted by Gasteiger charge is 2.14. The van der Waals surface area contributed by atoms with Crippen LogP contribution in [0.2, 0.25) is 0 Å². The Morgan fingerprint density at radius 2 is 1.78 bits per heavy atom. The average Bonchev–Trinajstić information content (AvgIpc) is 2.62. The molecule has 1 aromatic rings. The summed E-state index contributed by atoms with van der Waals surface area (Å²) in [7, 11) is 0. The molecule has 144 valence electrons. The zero-order valence-electron chi connectivity index (χ0n) is 16.8. The Kier molecular flexibility index (Phi) is 6.45. The van der Waals surface area contributed by atoms with Crippen molar-refractivity contribution in [1.29, 1.82) is 0 Å². The molecule has 1 aromatic carbocycles. The first-order valence-corrected chi connectivity index (χ1v) is 10.6. The van der Waals surface area contributed by atoms with Crippen LogP contribution in [-0.2, 0) is 0 Å². The lowest BCUT2D eigenvalue weighted by molar-refractivity contribution is 0.433. The summed E-state index contributed by atoms with van der Waals surface area (Å²) in [6.45, 7) is 12.7. The minimum atomic E-state index is 0.627. The lowest BCUT2D eigenvalue weighted by atomic mass is 10.1. The highest BCUT2D eigenvalue weighted by Crippen LogP contribution is 2.30. The van der Waals surface area contributed by atoms with E-state index in [1.165, 1.54) is 14.9 Å². The number of aromatic nitrogens is 1. The molecule has 2 aliphatic rings. The molecule has 0 saturated heterocycles. The van der Waals surface area contributed by atoms with E-state index in [1.807, 2.05) is 11.3 Å². The Balaban J connectivity index is 2.10. The molecule has 1 aliphatic carbocycles. The van der Waals surface area contributed by atoms with E-state index in [2.05, 4.69) is 74.0 Å². The van der Waals surface area contributed by atoms with Crippen LogP contribution < -0.4 is 21.0 Å². The normalized spacial score (nSPS) is 11.7. The molecule has 5 heteroatoms. The zero-order chi connectivity index (χ0) is 19.4. The van der Waals surface area contributed by atoms with E-state index in [0.717, 1.165) is 36.5 Å². The van der Waals surface area contributed by atoms with Crippen molar-refractivity contribution in [3.63, 3.8) is 0 Å². The summed E-state index contributed by atoms with van der Waals surface area (Å²) in [5.41, 5.74) is 8.80. The van der Waals surface area contributed by atoms with Crippen LogP contribution in [0.4, 0.5) is 5.69 Å². The van der Waals surface area contributed by atoms with Gasteiger partial charge in [-0.15, -0.1) is 11.3 Å². The van der Waals surface area contributed by atoms with Crippen LogP contribution in [0.3, 0.4) is 0 Å². The summed E-state index contributed by atoms with van der Waals surface area (Å²) >= 11 is 1.81. The summed E-state index contributed by atoms with van der Waals surface area (Å²) in [5, 5.41) is 4.64. The van der Waals surface area contributed by atoms with Gasteiger partial charge >= 0.3 is 0 Å². The Labute approximate surface area is 166 Å². The van der Waals surface area contributed by atoms with Crippen LogP contribution in [0.1, 0.15) is 27.7 Å². The highest BCUT2D eigenvalue weighted by molar-refractivity contribution is 7.21. The lowest BCUT2D eigenvalue weighted by Gasteiger charge is -2.11. The van der Waals surface area contributed by atoms with Crippen molar-refractivity contribution in [3.05, 3.63) is 41.8 Å². The first-order valence-electron chi connectivity index (χ1n) is 9.83. The lowest BCUT2D eigenvalue weighted by Crippen LogP contribution is -2.35. The fraction of sp³-hybridized carbons (Fsp3) is 0.455. The van der Waals surface area contributed by atoms with Crippen LogP contribution in [0, 0.1) is 11.8 Å². The minimum Gasteiger partial charge on any atom is -0.384 e. The van der Waals surface area contributed by atoms with Crippen LogP contribution in [0.25, 0.3) is 20.8 Å². The van der Waals surface area contributed by atoms with Gasteiger partial charge in [-0.3, -0.25) is 0 Å². The van der Waals surface area contributed by atoms with Crippen LogP contribution >= 0.6 is 11.3 Å². The van der Waals surface area contributed by atoms with Crippen molar-refractivity contribution in [2.75, 3.05) is 31.5 Å². The van der Waals surface area contributed by atoms with E-state index < -0.39 is 0 Å². The maximum atomic E-state index is 5.60. The second-order valence-electron chi connectivity index (χ2n) is 7.96. The van der Waals surface area contributed by atoms with Gasteiger partial charge in [0, 0.05) is 42.7 Å². The van der Waals surface area contributed by atoms with E-state index in [4.69, 9.17) is 10.7 Å². The summed E-state index contributed by atoms with van der Waals surface area (Å²) in [5.74, 6) is 1.27. The number of hydrogen-bond acceptors (Lipinski definition) is 4. The number of nitrogens with one attached hydrogen (secondary N) is 1. The fourth-order valence-corrected chi connectivity index (χ4v) is 4.34. The van der Waals surface area contributed by atoms with Gasteiger partial charge < -0.3 is 11.1 Å². The predicted octanol–water partition coefficient (Wildman–Crippen LogP) is 3.86.